The Bertz CT molecular complexity index is 971. The molecule has 0 spiro atoms. The van der Waals surface area contributed by atoms with Crippen LogP contribution in [0, 0.1) is 52.3 Å². The summed E-state index contributed by atoms with van der Waals surface area (Å²) in [5.74, 6) is 3.77. The fourth-order valence-corrected chi connectivity index (χ4v) is 10.1. The van der Waals surface area contributed by atoms with E-state index in [0.717, 1.165) is 37.7 Å². The molecule has 4 aliphatic rings. The zero-order valence-electron chi connectivity index (χ0n) is 25.4. The van der Waals surface area contributed by atoms with Crippen LogP contribution in [-0.2, 0) is 11.3 Å². The summed E-state index contributed by atoms with van der Waals surface area (Å²) >= 11 is 0. The molecule has 3 fully saturated rings. The Morgan fingerprint density at radius 2 is 1.77 bits per heavy atom. The van der Waals surface area contributed by atoms with Crippen molar-refractivity contribution in [2.45, 2.75) is 118 Å². The molecule has 4 aliphatic carbocycles. The van der Waals surface area contributed by atoms with Gasteiger partial charge in [0.1, 0.15) is 0 Å². The Labute approximate surface area is 238 Å². The number of benzene rings is 1. The van der Waals surface area contributed by atoms with E-state index in [1.54, 1.807) is 0 Å². The van der Waals surface area contributed by atoms with Gasteiger partial charge < -0.3 is 14.9 Å². The van der Waals surface area contributed by atoms with Gasteiger partial charge in [-0.15, -0.1) is 0 Å². The Balaban J connectivity index is 1.38. The molecular weight excluding hydrogens is 480 g/mol. The molecule has 39 heavy (non-hydrogen) atoms. The molecule has 10 unspecified atom stereocenters. The van der Waals surface area contributed by atoms with Crippen molar-refractivity contribution in [3.05, 3.63) is 47.5 Å². The standard InChI is InChI=1S/C36H56O3/c1-24(2)27(17-20-37)21-32(38)25(3)29-14-15-30-34-31(16-19-36(29,30)5)35(4)18-10-9-13-28(35)22-33(34)39-23-26-11-7-6-8-12-26/h6-8,11-12,14,24-25,27-28,30-34,37-38H,9-10,13,15-23H2,1-5H3. The van der Waals surface area contributed by atoms with Crippen LogP contribution >= 0.6 is 0 Å². The number of hydrogen-bond acceptors (Lipinski definition) is 3. The van der Waals surface area contributed by atoms with Crippen molar-refractivity contribution >= 4 is 0 Å². The van der Waals surface area contributed by atoms with Crippen molar-refractivity contribution in [1.82, 2.24) is 0 Å². The van der Waals surface area contributed by atoms with Crippen molar-refractivity contribution in [2.75, 3.05) is 6.61 Å². The van der Waals surface area contributed by atoms with Crippen molar-refractivity contribution in [2.24, 2.45) is 52.3 Å². The molecule has 1 aromatic carbocycles. The first-order valence-electron chi connectivity index (χ1n) is 16.3. The number of allylic oxidation sites excluding steroid dienone is 1. The average Bonchev–Trinajstić information content (AvgIpc) is 3.28. The first-order valence-corrected chi connectivity index (χ1v) is 16.3. The van der Waals surface area contributed by atoms with Gasteiger partial charge in [-0.3, -0.25) is 0 Å². The molecule has 10 atom stereocenters. The molecule has 0 heterocycles. The summed E-state index contributed by atoms with van der Waals surface area (Å²) < 4.78 is 6.94. The van der Waals surface area contributed by atoms with Crippen LogP contribution in [0.15, 0.2) is 42.0 Å². The number of aliphatic hydroxyl groups is 2. The Morgan fingerprint density at radius 1 is 1.00 bits per heavy atom. The molecule has 0 saturated heterocycles. The molecule has 1 aromatic rings. The van der Waals surface area contributed by atoms with Crippen molar-refractivity contribution in [3.8, 4) is 0 Å². The number of ether oxygens (including phenoxy) is 1. The third-order valence-corrected chi connectivity index (χ3v) is 12.6. The Hall–Kier alpha value is -1.16. The summed E-state index contributed by atoms with van der Waals surface area (Å²) in [7, 11) is 0. The maximum Gasteiger partial charge on any atom is 0.0720 e. The van der Waals surface area contributed by atoms with Crippen LogP contribution in [-0.4, -0.2) is 29.0 Å². The molecule has 5 rings (SSSR count). The smallest absolute Gasteiger partial charge is 0.0720 e. The summed E-state index contributed by atoms with van der Waals surface area (Å²) in [4.78, 5) is 0. The van der Waals surface area contributed by atoms with E-state index >= 15 is 0 Å². The van der Waals surface area contributed by atoms with E-state index in [2.05, 4.69) is 71.0 Å². The monoisotopic (exact) mass is 536 g/mol. The molecule has 0 aliphatic heterocycles. The summed E-state index contributed by atoms with van der Waals surface area (Å²) in [6, 6.07) is 10.8. The Morgan fingerprint density at radius 3 is 2.49 bits per heavy atom. The molecule has 2 N–H and O–H groups in total. The van der Waals surface area contributed by atoms with E-state index in [9.17, 15) is 10.2 Å². The van der Waals surface area contributed by atoms with Crippen LogP contribution in [0.3, 0.4) is 0 Å². The van der Waals surface area contributed by atoms with Gasteiger partial charge >= 0.3 is 0 Å². The van der Waals surface area contributed by atoms with Crippen molar-refractivity contribution < 1.29 is 14.9 Å². The van der Waals surface area contributed by atoms with Crippen molar-refractivity contribution in [3.63, 3.8) is 0 Å². The van der Waals surface area contributed by atoms with Crippen LogP contribution < -0.4 is 0 Å². The molecule has 0 bridgehead atoms. The van der Waals surface area contributed by atoms with E-state index in [4.69, 9.17) is 4.74 Å². The average molecular weight is 537 g/mol. The van der Waals surface area contributed by atoms with Gasteiger partial charge in [0.05, 0.1) is 18.8 Å². The topological polar surface area (TPSA) is 49.7 Å². The minimum absolute atomic E-state index is 0.151. The maximum atomic E-state index is 11.5. The van der Waals surface area contributed by atoms with E-state index in [1.807, 2.05) is 0 Å². The predicted octanol–water partition coefficient (Wildman–Crippen LogP) is 8.19. The molecule has 0 radical (unpaired) electrons. The molecule has 218 valence electrons. The van der Waals surface area contributed by atoms with E-state index in [1.165, 1.54) is 56.1 Å². The minimum atomic E-state index is -0.347. The predicted molar refractivity (Wildman–Crippen MR) is 160 cm³/mol. The van der Waals surface area contributed by atoms with E-state index in [-0.39, 0.29) is 24.0 Å². The van der Waals surface area contributed by atoms with Crippen molar-refractivity contribution in [1.29, 1.82) is 0 Å². The van der Waals surface area contributed by atoms with Gasteiger partial charge in [0.2, 0.25) is 0 Å². The summed E-state index contributed by atoms with van der Waals surface area (Å²) in [5, 5.41) is 21.1. The van der Waals surface area contributed by atoms with Gasteiger partial charge in [0.15, 0.2) is 0 Å². The van der Waals surface area contributed by atoms with E-state index < -0.39 is 0 Å². The van der Waals surface area contributed by atoms with E-state index in [0.29, 0.717) is 35.2 Å². The number of hydrogen-bond donors (Lipinski definition) is 2. The lowest BCUT2D eigenvalue weighted by Crippen LogP contribution is -2.58. The second kappa shape index (κ2) is 12.0. The third-order valence-electron chi connectivity index (χ3n) is 12.6. The fourth-order valence-electron chi connectivity index (χ4n) is 10.1. The summed E-state index contributed by atoms with van der Waals surface area (Å²) in [5.41, 5.74) is 3.41. The molecule has 0 amide bonds. The lowest BCUT2D eigenvalue weighted by atomic mass is 9.44. The number of fused-ring (bicyclic) bond motifs is 5. The first-order chi connectivity index (χ1) is 18.7. The molecule has 3 heteroatoms. The highest BCUT2D eigenvalue weighted by molar-refractivity contribution is 5.29. The third kappa shape index (κ3) is 5.54. The zero-order valence-corrected chi connectivity index (χ0v) is 25.4. The fraction of sp³-hybridized carbons (Fsp3) is 0.778. The lowest BCUT2D eigenvalue weighted by Gasteiger charge is -2.62. The largest absolute Gasteiger partial charge is 0.396 e. The second-order valence-corrected chi connectivity index (χ2v) is 14.8. The quantitative estimate of drug-likeness (QED) is 0.296. The van der Waals surface area contributed by atoms with Gasteiger partial charge in [-0.05, 0) is 103 Å². The van der Waals surface area contributed by atoms with Crippen LogP contribution in [0.25, 0.3) is 0 Å². The highest BCUT2D eigenvalue weighted by atomic mass is 16.5. The minimum Gasteiger partial charge on any atom is -0.396 e. The van der Waals surface area contributed by atoms with Gasteiger partial charge in [-0.1, -0.05) is 89.4 Å². The normalized spacial score (nSPS) is 38.4. The molecular formula is C36H56O3. The maximum absolute atomic E-state index is 11.5. The second-order valence-electron chi connectivity index (χ2n) is 14.8. The van der Waals surface area contributed by atoms with Crippen LogP contribution in [0.2, 0.25) is 0 Å². The van der Waals surface area contributed by atoms with Gasteiger partial charge in [-0.2, -0.15) is 0 Å². The van der Waals surface area contributed by atoms with Gasteiger partial charge in [0.25, 0.3) is 0 Å². The Kier molecular flexibility index (Phi) is 9.01. The first kappa shape index (κ1) is 29.3. The van der Waals surface area contributed by atoms with Gasteiger partial charge in [-0.25, -0.2) is 0 Å². The van der Waals surface area contributed by atoms with Crippen LogP contribution in [0.4, 0.5) is 0 Å². The summed E-state index contributed by atoms with van der Waals surface area (Å²) in [6.45, 7) is 12.8. The lowest BCUT2D eigenvalue weighted by molar-refractivity contribution is -0.176. The SMILES string of the molecule is CC(C)C(CCO)CC(O)C(C)C1=CCC2C3C(OCc4ccccc4)CC4CCCCC4(C)C3CCC12C. The highest BCUT2D eigenvalue weighted by Gasteiger charge is 2.61. The molecule has 3 nitrogen and oxygen atoms in total. The zero-order chi connectivity index (χ0) is 27.8. The summed E-state index contributed by atoms with van der Waals surface area (Å²) in [6.07, 6.45) is 14.6. The number of aliphatic hydroxyl groups excluding tert-OH is 2. The molecule has 3 saturated carbocycles. The van der Waals surface area contributed by atoms with Crippen LogP contribution in [0.1, 0.15) is 104 Å². The molecule has 0 aromatic heterocycles. The highest BCUT2D eigenvalue weighted by Crippen LogP contribution is 2.67. The van der Waals surface area contributed by atoms with Crippen LogP contribution in [0.5, 0.6) is 0 Å². The number of rotatable bonds is 10. The van der Waals surface area contributed by atoms with Gasteiger partial charge in [0, 0.05) is 12.5 Å².